The molecule has 0 aromatic rings. The van der Waals surface area contributed by atoms with Crippen LogP contribution in [-0.2, 0) is 4.74 Å². The molecular weight excluding hydrogens is 136 g/mol. The van der Waals surface area contributed by atoms with Crippen LogP contribution in [0.5, 0.6) is 0 Å². The maximum atomic E-state index is 9.93. The number of hydrogen-bond donors (Lipinski definition) is 2. The van der Waals surface area contributed by atoms with E-state index in [2.05, 4.69) is 4.74 Å². The summed E-state index contributed by atoms with van der Waals surface area (Å²) in [5.41, 5.74) is 0. The van der Waals surface area contributed by atoms with E-state index in [1.165, 1.54) is 0 Å². The number of allylic oxidation sites excluding steroid dienone is 2. The second-order valence-corrected chi connectivity index (χ2v) is 2.09. The van der Waals surface area contributed by atoms with Crippen LogP contribution >= 0.6 is 0 Å². The molecule has 0 amide bonds. The molecule has 4 nitrogen and oxygen atoms in total. The van der Waals surface area contributed by atoms with Crippen LogP contribution in [0.2, 0.25) is 0 Å². The van der Waals surface area contributed by atoms with Gasteiger partial charge < -0.3 is 14.9 Å². The molecule has 1 rings (SSSR count). The predicted molar refractivity (Wildman–Crippen MR) is 32.6 cm³/mol. The third-order valence-electron chi connectivity index (χ3n) is 1.35. The standard InChI is InChI=1S/C6H8O4/c7-4-2-1-3-5(4)10-6(8)9/h7H,1-3H2,(H,8,9). The van der Waals surface area contributed by atoms with E-state index in [0.29, 0.717) is 12.8 Å². The summed E-state index contributed by atoms with van der Waals surface area (Å²) >= 11 is 0. The van der Waals surface area contributed by atoms with E-state index in [9.17, 15) is 4.79 Å². The molecule has 1 aliphatic carbocycles. The average Bonchev–Trinajstić information content (AvgIpc) is 2.15. The van der Waals surface area contributed by atoms with E-state index in [4.69, 9.17) is 10.2 Å². The van der Waals surface area contributed by atoms with E-state index in [1.54, 1.807) is 0 Å². The average molecular weight is 144 g/mol. The minimum absolute atomic E-state index is 0.0717. The minimum atomic E-state index is -1.36. The third-order valence-corrected chi connectivity index (χ3v) is 1.35. The first-order chi connectivity index (χ1) is 4.70. The number of rotatable bonds is 1. The lowest BCUT2D eigenvalue weighted by Gasteiger charge is -1.98. The van der Waals surface area contributed by atoms with Crippen molar-refractivity contribution in [1.82, 2.24) is 0 Å². The van der Waals surface area contributed by atoms with Gasteiger partial charge in [0.05, 0.1) is 0 Å². The highest BCUT2D eigenvalue weighted by molar-refractivity contribution is 5.58. The maximum Gasteiger partial charge on any atom is 0.511 e. The van der Waals surface area contributed by atoms with Crippen molar-refractivity contribution in [3.05, 3.63) is 11.5 Å². The second kappa shape index (κ2) is 2.60. The molecule has 0 aromatic heterocycles. The Labute approximate surface area is 57.7 Å². The first-order valence-corrected chi connectivity index (χ1v) is 3.02. The molecule has 4 heteroatoms. The van der Waals surface area contributed by atoms with Crippen LogP contribution in [-0.4, -0.2) is 16.4 Å². The van der Waals surface area contributed by atoms with E-state index < -0.39 is 6.16 Å². The quantitative estimate of drug-likeness (QED) is 0.549. The zero-order chi connectivity index (χ0) is 7.56. The minimum Gasteiger partial charge on any atom is -0.509 e. The Kier molecular flexibility index (Phi) is 1.80. The van der Waals surface area contributed by atoms with Crippen LogP contribution in [0.1, 0.15) is 19.3 Å². The highest BCUT2D eigenvalue weighted by atomic mass is 16.7. The van der Waals surface area contributed by atoms with Crippen molar-refractivity contribution in [3.8, 4) is 0 Å². The van der Waals surface area contributed by atoms with Crippen molar-refractivity contribution in [3.63, 3.8) is 0 Å². The van der Waals surface area contributed by atoms with Gasteiger partial charge in [0.15, 0.2) is 0 Å². The van der Waals surface area contributed by atoms with Crippen molar-refractivity contribution in [1.29, 1.82) is 0 Å². The van der Waals surface area contributed by atoms with Gasteiger partial charge in [-0.15, -0.1) is 0 Å². The molecule has 0 aliphatic heterocycles. The van der Waals surface area contributed by atoms with E-state index >= 15 is 0 Å². The SMILES string of the molecule is O=C(O)OC1=C(O)CCC1. The topological polar surface area (TPSA) is 66.8 Å². The molecule has 0 bridgehead atoms. The third kappa shape index (κ3) is 1.40. The number of ether oxygens (including phenoxy) is 1. The van der Waals surface area contributed by atoms with Gasteiger partial charge in [-0.05, 0) is 6.42 Å². The molecule has 0 fully saturated rings. The number of carboxylic acid groups (broad SMARTS) is 1. The van der Waals surface area contributed by atoms with Crippen molar-refractivity contribution in [2.45, 2.75) is 19.3 Å². The fraction of sp³-hybridized carbons (Fsp3) is 0.500. The molecule has 2 N–H and O–H groups in total. The summed E-state index contributed by atoms with van der Waals surface area (Å²) in [6.45, 7) is 0. The van der Waals surface area contributed by atoms with Gasteiger partial charge in [0.1, 0.15) is 11.5 Å². The van der Waals surface area contributed by atoms with Crippen molar-refractivity contribution >= 4 is 6.16 Å². The van der Waals surface area contributed by atoms with E-state index in [1.807, 2.05) is 0 Å². The molecule has 0 spiro atoms. The lowest BCUT2D eigenvalue weighted by atomic mass is 10.3. The normalized spacial score (nSPS) is 17.6. The Bertz CT molecular complexity index is 182. The van der Waals surface area contributed by atoms with Crippen LogP contribution in [0.15, 0.2) is 11.5 Å². The van der Waals surface area contributed by atoms with Crippen LogP contribution < -0.4 is 0 Å². The summed E-state index contributed by atoms with van der Waals surface area (Å²) in [5.74, 6) is 0.273. The second-order valence-electron chi connectivity index (χ2n) is 2.09. The number of aliphatic hydroxyl groups excluding tert-OH is 1. The zero-order valence-electron chi connectivity index (χ0n) is 5.33. The highest BCUT2D eigenvalue weighted by Crippen LogP contribution is 2.24. The molecule has 0 atom stereocenters. The molecular formula is C6H8O4. The molecule has 0 unspecified atom stereocenters. The monoisotopic (exact) mass is 144 g/mol. The van der Waals surface area contributed by atoms with Gasteiger partial charge >= 0.3 is 6.16 Å². The summed E-state index contributed by atoms with van der Waals surface area (Å²) in [6, 6.07) is 0. The van der Waals surface area contributed by atoms with Gasteiger partial charge in [-0.2, -0.15) is 0 Å². The van der Waals surface area contributed by atoms with Crippen molar-refractivity contribution in [2.24, 2.45) is 0 Å². The molecule has 0 aromatic carbocycles. The van der Waals surface area contributed by atoms with Gasteiger partial charge in [-0.25, -0.2) is 4.79 Å². The molecule has 0 heterocycles. The summed E-state index contributed by atoms with van der Waals surface area (Å²) in [4.78, 5) is 9.93. The van der Waals surface area contributed by atoms with Crippen LogP contribution in [0.25, 0.3) is 0 Å². The Hall–Kier alpha value is -1.19. The van der Waals surface area contributed by atoms with Gasteiger partial charge in [-0.1, -0.05) is 0 Å². The van der Waals surface area contributed by atoms with Crippen molar-refractivity contribution < 1.29 is 19.7 Å². The molecule has 10 heavy (non-hydrogen) atoms. The predicted octanol–water partition coefficient (Wildman–Crippen LogP) is 1.63. The van der Waals surface area contributed by atoms with Crippen LogP contribution in [0.4, 0.5) is 4.79 Å². The zero-order valence-corrected chi connectivity index (χ0v) is 5.33. The van der Waals surface area contributed by atoms with Crippen molar-refractivity contribution in [2.75, 3.05) is 0 Å². The van der Waals surface area contributed by atoms with Crippen LogP contribution in [0.3, 0.4) is 0 Å². The summed E-state index contributed by atoms with van der Waals surface area (Å²) in [5, 5.41) is 17.1. The number of carbonyl (C=O) groups is 1. The first-order valence-electron chi connectivity index (χ1n) is 3.02. The molecule has 0 saturated heterocycles. The van der Waals surface area contributed by atoms with E-state index in [0.717, 1.165) is 6.42 Å². The summed E-state index contributed by atoms with van der Waals surface area (Å²) in [7, 11) is 0. The highest BCUT2D eigenvalue weighted by Gasteiger charge is 2.17. The lowest BCUT2D eigenvalue weighted by Crippen LogP contribution is -1.99. The molecule has 0 saturated carbocycles. The van der Waals surface area contributed by atoms with Gasteiger partial charge in [0, 0.05) is 12.8 Å². The number of hydrogen-bond acceptors (Lipinski definition) is 3. The molecule has 0 radical (unpaired) electrons. The summed E-state index contributed by atoms with van der Waals surface area (Å²) < 4.78 is 4.27. The lowest BCUT2D eigenvalue weighted by molar-refractivity contribution is 0.113. The molecule has 1 aliphatic rings. The van der Waals surface area contributed by atoms with Crippen LogP contribution in [0, 0.1) is 0 Å². The van der Waals surface area contributed by atoms with Gasteiger partial charge in [-0.3, -0.25) is 0 Å². The number of aliphatic hydroxyl groups is 1. The fourth-order valence-electron chi connectivity index (χ4n) is 0.915. The largest absolute Gasteiger partial charge is 0.511 e. The smallest absolute Gasteiger partial charge is 0.509 e. The summed E-state index contributed by atoms with van der Waals surface area (Å²) in [6.07, 6.45) is 0.471. The Morgan fingerprint density at radius 3 is 2.60 bits per heavy atom. The maximum absolute atomic E-state index is 9.93. The Morgan fingerprint density at radius 2 is 2.20 bits per heavy atom. The van der Waals surface area contributed by atoms with Gasteiger partial charge in [0.2, 0.25) is 0 Å². The van der Waals surface area contributed by atoms with E-state index in [-0.39, 0.29) is 11.5 Å². The Balaban J connectivity index is 2.54. The fourth-order valence-corrected chi connectivity index (χ4v) is 0.915. The first kappa shape index (κ1) is 6.92. The van der Waals surface area contributed by atoms with Gasteiger partial charge in [0.25, 0.3) is 0 Å². The Morgan fingerprint density at radius 1 is 1.50 bits per heavy atom. The molecule has 56 valence electrons.